The summed E-state index contributed by atoms with van der Waals surface area (Å²) in [7, 11) is 0. The molecule has 0 aromatic carbocycles. The quantitative estimate of drug-likeness (QED) is 0.303. The third-order valence-electron chi connectivity index (χ3n) is 3.52. The van der Waals surface area contributed by atoms with Gasteiger partial charge < -0.3 is 35.1 Å². The van der Waals surface area contributed by atoms with Crippen LogP contribution in [0.5, 0.6) is 17.5 Å². The zero-order valence-electron chi connectivity index (χ0n) is 18.8. The molecule has 0 saturated carbocycles. The summed E-state index contributed by atoms with van der Waals surface area (Å²) in [5, 5.41) is 24.0. The number of carbonyl (C=O) groups excluding carboxylic acids is 3. The van der Waals surface area contributed by atoms with Crippen LogP contribution >= 0.6 is 0 Å². The topological polar surface area (TPSA) is 159 Å². The number of esters is 1. The van der Waals surface area contributed by atoms with Crippen LogP contribution in [0.2, 0.25) is 0 Å². The average molecular weight is 443 g/mol. The Morgan fingerprint density at radius 1 is 1.00 bits per heavy atom. The van der Waals surface area contributed by atoms with Crippen LogP contribution in [0.3, 0.4) is 0 Å². The van der Waals surface area contributed by atoms with E-state index >= 15 is 0 Å². The molecule has 1 heterocycles. The van der Waals surface area contributed by atoms with E-state index in [1.54, 1.807) is 41.5 Å². The van der Waals surface area contributed by atoms with Gasteiger partial charge in [-0.25, -0.2) is 14.4 Å². The minimum atomic E-state index is -1.08. The fourth-order valence-corrected chi connectivity index (χ4v) is 2.35. The van der Waals surface area contributed by atoms with Crippen LogP contribution in [0.15, 0.2) is 6.07 Å². The van der Waals surface area contributed by atoms with Crippen molar-refractivity contribution in [2.75, 3.05) is 6.54 Å². The third-order valence-corrected chi connectivity index (χ3v) is 3.52. The van der Waals surface area contributed by atoms with E-state index in [1.807, 2.05) is 0 Å². The molecule has 0 unspecified atom stereocenters. The van der Waals surface area contributed by atoms with E-state index in [-0.39, 0.29) is 18.1 Å². The zero-order chi connectivity index (χ0) is 23.8. The maximum atomic E-state index is 12.5. The molecule has 0 aliphatic heterocycles. The highest BCUT2D eigenvalue weighted by atomic mass is 16.6. The summed E-state index contributed by atoms with van der Waals surface area (Å²) >= 11 is 0. The van der Waals surface area contributed by atoms with E-state index in [0.29, 0.717) is 19.4 Å². The smallest absolute Gasteiger partial charge is 0.408 e. The number of aromatic hydroxyl groups is 2. The van der Waals surface area contributed by atoms with Crippen LogP contribution in [-0.2, 0) is 14.3 Å². The molecule has 0 saturated heterocycles. The minimum Gasteiger partial charge on any atom is -0.494 e. The fraction of sp³-hybridized carbons (Fsp3) is 0.650. The Morgan fingerprint density at radius 3 is 2.10 bits per heavy atom. The summed E-state index contributed by atoms with van der Waals surface area (Å²) in [6.45, 7) is 10.6. The first-order chi connectivity index (χ1) is 14.2. The van der Waals surface area contributed by atoms with Crippen LogP contribution in [-0.4, -0.2) is 57.1 Å². The van der Waals surface area contributed by atoms with E-state index < -0.39 is 41.3 Å². The Labute approximate surface area is 181 Å². The number of nitrogens with one attached hydrogen (secondary N) is 3. The number of aromatic amines is 1. The molecule has 5 N–H and O–H groups in total. The van der Waals surface area contributed by atoms with Crippen LogP contribution < -0.4 is 15.4 Å². The van der Waals surface area contributed by atoms with Gasteiger partial charge in [0.05, 0.1) is 0 Å². The van der Waals surface area contributed by atoms with E-state index in [2.05, 4.69) is 15.6 Å². The number of amides is 2. The van der Waals surface area contributed by atoms with E-state index in [0.717, 1.165) is 6.07 Å². The molecule has 1 aromatic heterocycles. The number of carbonyl (C=O) groups is 3. The predicted octanol–water partition coefficient (Wildman–Crippen LogP) is 2.92. The number of hydrogen-bond acceptors (Lipinski definition) is 8. The minimum absolute atomic E-state index is 0.186. The van der Waals surface area contributed by atoms with Gasteiger partial charge in [-0.15, -0.1) is 0 Å². The zero-order valence-corrected chi connectivity index (χ0v) is 18.8. The Morgan fingerprint density at radius 2 is 1.58 bits per heavy atom. The van der Waals surface area contributed by atoms with Gasteiger partial charge >= 0.3 is 18.2 Å². The van der Waals surface area contributed by atoms with E-state index in [9.17, 15) is 24.6 Å². The van der Waals surface area contributed by atoms with Crippen LogP contribution in [0.25, 0.3) is 0 Å². The predicted molar refractivity (Wildman–Crippen MR) is 111 cm³/mol. The highest BCUT2D eigenvalue weighted by Crippen LogP contribution is 2.29. The Kier molecular flexibility index (Phi) is 9.02. The van der Waals surface area contributed by atoms with Gasteiger partial charge in [0.2, 0.25) is 5.88 Å². The van der Waals surface area contributed by atoms with E-state index in [1.165, 1.54) is 0 Å². The van der Waals surface area contributed by atoms with Crippen molar-refractivity contribution < 1.29 is 38.8 Å². The van der Waals surface area contributed by atoms with Gasteiger partial charge in [0.25, 0.3) is 0 Å². The number of H-pyrrole nitrogens is 1. The first kappa shape index (κ1) is 25.9. The molecule has 0 aliphatic carbocycles. The standard InChI is InChI=1S/C20H33N3O8/c1-19(2,3)30-17(27)21-10-8-7-9-12(22-18(28)31-20(4,5)6)16(26)29-13-11-14(24)23-15(13)25/h11-12,23-25H,7-10H2,1-6H3,(H,21,27)(H,22,28)/t12-/m0/s1. The maximum absolute atomic E-state index is 12.5. The molecule has 1 aromatic rings. The van der Waals surface area contributed by atoms with Crippen molar-refractivity contribution >= 4 is 18.2 Å². The third kappa shape index (κ3) is 11.0. The van der Waals surface area contributed by atoms with Gasteiger partial charge in [-0.05, 0) is 60.8 Å². The van der Waals surface area contributed by atoms with Crippen molar-refractivity contribution in [3.05, 3.63) is 6.07 Å². The number of unbranched alkanes of at least 4 members (excludes halogenated alkanes) is 1. The van der Waals surface area contributed by atoms with Crippen LogP contribution in [0.4, 0.5) is 9.59 Å². The van der Waals surface area contributed by atoms with Crippen LogP contribution in [0, 0.1) is 0 Å². The highest BCUT2D eigenvalue weighted by Gasteiger charge is 2.27. The van der Waals surface area contributed by atoms with Gasteiger partial charge in [-0.3, -0.25) is 4.98 Å². The van der Waals surface area contributed by atoms with Crippen molar-refractivity contribution in [1.82, 2.24) is 15.6 Å². The molecule has 2 amide bonds. The van der Waals surface area contributed by atoms with Gasteiger partial charge in [-0.2, -0.15) is 0 Å². The van der Waals surface area contributed by atoms with Gasteiger partial charge in [0.1, 0.15) is 17.2 Å². The average Bonchev–Trinajstić information content (AvgIpc) is 2.87. The molecule has 11 nitrogen and oxygen atoms in total. The Bertz CT molecular complexity index is 761. The Hall–Kier alpha value is -3.11. The molecule has 0 fully saturated rings. The summed E-state index contributed by atoms with van der Waals surface area (Å²) in [4.78, 5) is 38.4. The lowest BCUT2D eigenvalue weighted by Crippen LogP contribution is -2.45. The van der Waals surface area contributed by atoms with Gasteiger partial charge in [-0.1, -0.05) is 0 Å². The van der Waals surface area contributed by atoms with E-state index in [4.69, 9.17) is 14.2 Å². The lowest BCUT2D eigenvalue weighted by molar-refractivity contribution is -0.137. The molecule has 0 aliphatic rings. The van der Waals surface area contributed by atoms with Gasteiger partial charge in [0, 0.05) is 12.6 Å². The molecule has 0 spiro atoms. The highest BCUT2D eigenvalue weighted by molar-refractivity contribution is 5.83. The summed E-state index contributed by atoms with van der Waals surface area (Å²) in [5.41, 5.74) is -1.37. The largest absolute Gasteiger partial charge is 0.494 e. The first-order valence-electron chi connectivity index (χ1n) is 9.95. The van der Waals surface area contributed by atoms with Crippen molar-refractivity contribution in [2.45, 2.75) is 78.0 Å². The summed E-state index contributed by atoms with van der Waals surface area (Å²) in [5.74, 6) is -2.03. The molecule has 31 heavy (non-hydrogen) atoms. The molecule has 176 valence electrons. The molecular formula is C20H33N3O8. The molecule has 1 atom stereocenters. The molecule has 1 rings (SSSR count). The number of aromatic nitrogens is 1. The fourth-order valence-electron chi connectivity index (χ4n) is 2.35. The summed E-state index contributed by atoms with van der Waals surface area (Å²) in [6.07, 6.45) is -0.198. The SMILES string of the molecule is CC(C)(C)OC(=O)NCCCC[C@H](NC(=O)OC(C)(C)C)C(=O)Oc1cc(O)[nH]c1O. The van der Waals surface area contributed by atoms with Gasteiger partial charge in [0.15, 0.2) is 11.6 Å². The first-order valence-corrected chi connectivity index (χ1v) is 9.95. The monoisotopic (exact) mass is 443 g/mol. The van der Waals surface area contributed by atoms with Crippen molar-refractivity contribution in [3.8, 4) is 17.5 Å². The summed E-state index contributed by atoms with van der Waals surface area (Å²) in [6, 6.07) is -0.0458. The Balaban J connectivity index is 2.63. The molecule has 11 heteroatoms. The maximum Gasteiger partial charge on any atom is 0.408 e. The second-order valence-electron chi connectivity index (χ2n) is 8.91. The lowest BCUT2D eigenvalue weighted by Gasteiger charge is -2.23. The molecule has 0 radical (unpaired) electrons. The van der Waals surface area contributed by atoms with Crippen LogP contribution in [0.1, 0.15) is 60.8 Å². The number of rotatable bonds is 8. The number of ether oxygens (including phenoxy) is 3. The molecule has 0 bridgehead atoms. The second kappa shape index (κ2) is 10.8. The normalized spacial score (nSPS) is 12.6. The number of hydrogen-bond donors (Lipinski definition) is 5. The second-order valence-corrected chi connectivity index (χ2v) is 8.91. The van der Waals surface area contributed by atoms with Crippen molar-refractivity contribution in [2.24, 2.45) is 0 Å². The number of alkyl carbamates (subject to hydrolysis) is 2. The lowest BCUT2D eigenvalue weighted by atomic mass is 10.1. The molecular weight excluding hydrogens is 410 g/mol. The van der Waals surface area contributed by atoms with Crippen molar-refractivity contribution in [1.29, 1.82) is 0 Å². The van der Waals surface area contributed by atoms with Crippen molar-refractivity contribution in [3.63, 3.8) is 0 Å². The summed E-state index contributed by atoms with van der Waals surface area (Å²) < 4.78 is 15.4.